The molecule has 2 saturated heterocycles. The molecule has 0 aromatic heterocycles. The minimum absolute atomic E-state index is 0.0432. The van der Waals surface area contributed by atoms with Crippen LogP contribution in [0.25, 0.3) is 0 Å². The largest absolute Gasteiger partial charge is 0.343 e. The van der Waals surface area contributed by atoms with Crippen LogP contribution in [0.2, 0.25) is 0 Å². The summed E-state index contributed by atoms with van der Waals surface area (Å²) in [6.45, 7) is 1.90. The molecule has 2 aliphatic carbocycles. The third-order valence-electron chi connectivity index (χ3n) is 5.82. The Morgan fingerprint density at radius 1 is 1.00 bits per heavy atom. The lowest BCUT2D eigenvalue weighted by Crippen LogP contribution is -2.40. The van der Waals surface area contributed by atoms with Crippen molar-refractivity contribution in [1.29, 1.82) is 0 Å². The van der Waals surface area contributed by atoms with Gasteiger partial charge in [-0.2, -0.15) is 0 Å². The number of rotatable bonds is 3. The highest BCUT2D eigenvalue weighted by Crippen LogP contribution is 2.52. The van der Waals surface area contributed by atoms with E-state index in [9.17, 15) is 14.4 Å². The van der Waals surface area contributed by atoms with Gasteiger partial charge >= 0.3 is 0 Å². The SMILES string of the molecule is O=C(CCN1C(=O)[C@H]2[C@H](C1=O)[C@H]1C=C[C@H]2C1)N1CCCCC1. The van der Waals surface area contributed by atoms with E-state index in [0.29, 0.717) is 0 Å². The summed E-state index contributed by atoms with van der Waals surface area (Å²) >= 11 is 0. The van der Waals surface area contributed by atoms with E-state index in [2.05, 4.69) is 12.2 Å². The molecule has 3 fully saturated rings. The van der Waals surface area contributed by atoms with Gasteiger partial charge in [0.25, 0.3) is 0 Å². The van der Waals surface area contributed by atoms with Crippen LogP contribution < -0.4 is 0 Å². The first kappa shape index (κ1) is 14.0. The van der Waals surface area contributed by atoms with Gasteiger partial charge in [-0.15, -0.1) is 0 Å². The van der Waals surface area contributed by atoms with E-state index >= 15 is 0 Å². The molecule has 4 rings (SSSR count). The number of amides is 3. The van der Waals surface area contributed by atoms with Gasteiger partial charge in [-0.25, -0.2) is 0 Å². The van der Waals surface area contributed by atoms with Gasteiger partial charge < -0.3 is 4.90 Å². The summed E-state index contributed by atoms with van der Waals surface area (Å²) in [4.78, 5) is 40.5. The number of likely N-dealkylation sites (tertiary alicyclic amines) is 2. The Hall–Kier alpha value is -1.65. The second-order valence-corrected chi connectivity index (χ2v) is 7.02. The maximum Gasteiger partial charge on any atom is 0.233 e. The molecule has 2 aliphatic heterocycles. The van der Waals surface area contributed by atoms with Crippen LogP contribution >= 0.6 is 0 Å². The summed E-state index contributed by atoms with van der Waals surface area (Å²) in [5.41, 5.74) is 0. The molecule has 2 heterocycles. The molecule has 0 radical (unpaired) electrons. The van der Waals surface area contributed by atoms with Gasteiger partial charge in [-0.05, 0) is 37.5 Å². The molecule has 22 heavy (non-hydrogen) atoms. The number of nitrogens with zero attached hydrogens (tertiary/aromatic N) is 2. The number of hydrogen-bond acceptors (Lipinski definition) is 3. The number of hydrogen-bond donors (Lipinski definition) is 0. The molecule has 4 aliphatic rings. The first-order valence-electron chi connectivity index (χ1n) is 8.48. The molecule has 1 saturated carbocycles. The Bertz CT molecular complexity index is 520. The number of carbonyl (C=O) groups is 3. The number of piperidine rings is 1. The fourth-order valence-corrected chi connectivity index (χ4v) is 4.69. The Labute approximate surface area is 130 Å². The minimum atomic E-state index is -0.146. The summed E-state index contributed by atoms with van der Waals surface area (Å²) in [7, 11) is 0. The third-order valence-corrected chi connectivity index (χ3v) is 5.82. The Kier molecular flexibility index (Phi) is 3.31. The molecule has 5 nitrogen and oxygen atoms in total. The fourth-order valence-electron chi connectivity index (χ4n) is 4.69. The quantitative estimate of drug-likeness (QED) is 0.581. The number of carbonyl (C=O) groups excluding carboxylic acids is 3. The van der Waals surface area contributed by atoms with Crippen LogP contribution in [0.3, 0.4) is 0 Å². The summed E-state index contributed by atoms with van der Waals surface area (Å²) < 4.78 is 0. The average Bonchev–Trinajstić information content (AvgIpc) is 3.21. The van der Waals surface area contributed by atoms with Crippen LogP contribution in [0, 0.1) is 23.7 Å². The van der Waals surface area contributed by atoms with Gasteiger partial charge in [0.15, 0.2) is 0 Å². The Balaban J connectivity index is 1.39. The normalized spacial score (nSPS) is 36.4. The van der Waals surface area contributed by atoms with E-state index in [1.54, 1.807) is 0 Å². The first-order valence-corrected chi connectivity index (χ1v) is 8.48. The van der Waals surface area contributed by atoms with Gasteiger partial charge in [0.05, 0.1) is 11.8 Å². The Morgan fingerprint density at radius 2 is 1.59 bits per heavy atom. The smallest absolute Gasteiger partial charge is 0.233 e. The summed E-state index contributed by atoms with van der Waals surface area (Å²) in [5, 5.41) is 0. The zero-order chi connectivity index (χ0) is 15.3. The van der Waals surface area contributed by atoms with Gasteiger partial charge in [-0.1, -0.05) is 12.2 Å². The van der Waals surface area contributed by atoms with Crippen molar-refractivity contribution < 1.29 is 14.4 Å². The maximum absolute atomic E-state index is 12.5. The highest BCUT2D eigenvalue weighted by Gasteiger charge is 2.59. The van der Waals surface area contributed by atoms with E-state index in [1.165, 1.54) is 11.3 Å². The van der Waals surface area contributed by atoms with E-state index in [1.807, 2.05) is 4.90 Å². The Morgan fingerprint density at radius 3 is 2.18 bits per heavy atom. The maximum atomic E-state index is 12.5. The molecule has 0 unspecified atom stereocenters. The van der Waals surface area contributed by atoms with Gasteiger partial charge in [0.2, 0.25) is 17.7 Å². The average molecular weight is 302 g/mol. The van der Waals surface area contributed by atoms with Crippen LogP contribution in [-0.2, 0) is 14.4 Å². The zero-order valence-corrected chi connectivity index (χ0v) is 12.7. The summed E-state index contributed by atoms with van der Waals surface area (Å²) in [6.07, 6.45) is 8.73. The lowest BCUT2D eigenvalue weighted by atomic mass is 9.85. The van der Waals surface area contributed by atoms with E-state index < -0.39 is 0 Å². The van der Waals surface area contributed by atoms with E-state index in [0.717, 1.165) is 32.4 Å². The van der Waals surface area contributed by atoms with Crippen molar-refractivity contribution in [2.45, 2.75) is 32.1 Å². The van der Waals surface area contributed by atoms with Crippen molar-refractivity contribution in [3.05, 3.63) is 12.2 Å². The van der Waals surface area contributed by atoms with Gasteiger partial charge in [0.1, 0.15) is 0 Å². The van der Waals surface area contributed by atoms with Crippen molar-refractivity contribution in [3.8, 4) is 0 Å². The molecule has 2 bridgehead atoms. The van der Waals surface area contributed by atoms with E-state index in [-0.39, 0.29) is 54.4 Å². The lowest BCUT2D eigenvalue weighted by Gasteiger charge is -2.27. The highest BCUT2D eigenvalue weighted by atomic mass is 16.2. The van der Waals surface area contributed by atoms with Gasteiger partial charge in [-0.3, -0.25) is 19.3 Å². The van der Waals surface area contributed by atoms with Gasteiger partial charge in [0, 0.05) is 26.1 Å². The van der Waals surface area contributed by atoms with Crippen molar-refractivity contribution in [2.24, 2.45) is 23.7 Å². The molecule has 0 N–H and O–H groups in total. The van der Waals surface area contributed by atoms with Crippen molar-refractivity contribution in [2.75, 3.05) is 19.6 Å². The molecule has 3 amide bonds. The molecule has 0 aromatic carbocycles. The molecule has 0 aromatic rings. The van der Waals surface area contributed by atoms with Crippen LogP contribution in [0.4, 0.5) is 0 Å². The zero-order valence-electron chi connectivity index (χ0n) is 12.7. The highest BCUT2D eigenvalue weighted by molar-refractivity contribution is 6.06. The molecule has 0 spiro atoms. The van der Waals surface area contributed by atoms with Crippen molar-refractivity contribution in [3.63, 3.8) is 0 Å². The monoisotopic (exact) mass is 302 g/mol. The number of imide groups is 1. The summed E-state index contributed by atoms with van der Waals surface area (Å²) in [6, 6.07) is 0. The lowest BCUT2D eigenvalue weighted by molar-refractivity contribution is -0.141. The van der Waals surface area contributed by atoms with Crippen molar-refractivity contribution in [1.82, 2.24) is 9.80 Å². The number of allylic oxidation sites excluding steroid dienone is 2. The molecular formula is C17H22N2O3. The topological polar surface area (TPSA) is 57.7 Å². The van der Waals surface area contributed by atoms with Crippen molar-refractivity contribution >= 4 is 17.7 Å². The van der Waals surface area contributed by atoms with Crippen LogP contribution in [0.1, 0.15) is 32.1 Å². The molecule has 5 heteroatoms. The standard InChI is InChI=1S/C17H22N2O3/c20-13(18-7-2-1-3-8-18)6-9-19-16(21)14-11-4-5-12(10-11)15(14)17(19)22/h4-5,11-12,14-15H,1-3,6-10H2/t11-,12-,14+,15+/m0/s1. The number of fused-ring (bicyclic) bond motifs is 5. The predicted octanol–water partition coefficient (Wildman–Crippen LogP) is 1.20. The predicted molar refractivity (Wildman–Crippen MR) is 79.5 cm³/mol. The fraction of sp³-hybridized carbons (Fsp3) is 0.706. The third kappa shape index (κ3) is 2.02. The summed E-state index contributed by atoms with van der Waals surface area (Å²) in [5.74, 6) is 0.193. The van der Waals surface area contributed by atoms with Crippen LogP contribution in [0.5, 0.6) is 0 Å². The molecular weight excluding hydrogens is 280 g/mol. The van der Waals surface area contributed by atoms with E-state index in [4.69, 9.17) is 0 Å². The molecule has 4 atom stereocenters. The second-order valence-electron chi connectivity index (χ2n) is 7.02. The first-order chi connectivity index (χ1) is 10.7. The molecule has 118 valence electrons. The minimum Gasteiger partial charge on any atom is -0.343 e. The van der Waals surface area contributed by atoms with Crippen LogP contribution in [0.15, 0.2) is 12.2 Å². The van der Waals surface area contributed by atoms with Crippen LogP contribution in [-0.4, -0.2) is 47.2 Å². The second kappa shape index (κ2) is 5.21.